The molecule has 1 aromatic rings. The van der Waals surface area contributed by atoms with Gasteiger partial charge in [-0.05, 0) is 41.4 Å². The number of nitrogens with one attached hydrogen (secondary N) is 1. The second kappa shape index (κ2) is 5.91. The quantitative estimate of drug-likeness (QED) is 0.839. The molecule has 0 aliphatic heterocycles. The molecule has 2 rings (SSSR count). The molecule has 2 unspecified atom stereocenters. The van der Waals surface area contributed by atoms with E-state index in [0.29, 0.717) is 17.8 Å². The molecular formula is C11H17BrN4S. The fourth-order valence-corrected chi connectivity index (χ4v) is 3.40. The normalized spacial score (nSPS) is 24.6. The van der Waals surface area contributed by atoms with Gasteiger partial charge in [0.1, 0.15) is 10.4 Å². The summed E-state index contributed by atoms with van der Waals surface area (Å²) >= 11 is 5.28. The van der Waals surface area contributed by atoms with Crippen LogP contribution in [0.3, 0.4) is 0 Å². The topological polar surface area (TPSA) is 63.8 Å². The molecule has 6 heteroatoms. The van der Waals surface area contributed by atoms with Gasteiger partial charge in [0.2, 0.25) is 5.95 Å². The number of halogens is 1. The first kappa shape index (κ1) is 13.0. The number of nitrogen functional groups attached to an aromatic ring is 1. The zero-order chi connectivity index (χ0) is 12.3. The van der Waals surface area contributed by atoms with Crippen LogP contribution in [0.5, 0.6) is 0 Å². The third-order valence-electron chi connectivity index (χ3n) is 3.01. The minimum atomic E-state index is 0.468. The van der Waals surface area contributed by atoms with Gasteiger partial charge in [-0.1, -0.05) is 6.42 Å². The number of nitrogens with zero attached hydrogens (tertiary/aromatic N) is 2. The van der Waals surface area contributed by atoms with Crippen LogP contribution in [-0.2, 0) is 0 Å². The molecule has 1 aliphatic carbocycles. The molecule has 0 bridgehead atoms. The summed E-state index contributed by atoms with van der Waals surface area (Å²) < 4.78 is 0.727. The molecule has 0 amide bonds. The largest absolute Gasteiger partial charge is 0.383 e. The van der Waals surface area contributed by atoms with Crippen LogP contribution >= 0.6 is 27.7 Å². The zero-order valence-electron chi connectivity index (χ0n) is 9.82. The molecule has 1 saturated carbocycles. The first-order valence-corrected chi connectivity index (χ1v) is 7.85. The molecule has 2 atom stereocenters. The van der Waals surface area contributed by atoms with Crippen molar-refractivity contribution in [2.45, 2.75) is 37.0 Å². The van der Waals surface area contributed by atoms with Crippen molar-refractivity contribution in [2.75, 3.05) is 17.3 Å². The third-order valence-corrected chi connectivity index (χ3v) is 4.51. The molecule has 0 radical (unpaired) electrons. The van der Waals surface area contributed by atoms with Gasteiger partial charge in [-0.2, -0.15) is 16.7 Å². The predicted octanol–water partition coefficient (Wildman–Crippen LogP) is 2.91. The molecule has 1 fully saturated rings. The molecule has 0 saturated heterocycles. The first-order chi connectivity index (χ1) is 8.17. The SMILES string of the molecule is CSC1CCCC(Nc2nc(N)cc(Br)n2)C1. The van der Waals surface area contributed by atoms with Gasteiger partial charge in [0.05, 0.1) is 0 Å². The Morgan fingerprint density at radius 1 is 1.47 bits per heavy atom. The Labute approximate surface area is 114 Å². The summed E-state index contributed by atoms with van der Waals surface area (Å²) in [4.78, 5) is 8.48. The summed E-state index contributed by atoms with van der Waals surface area (Å²) in [6, 6.07) is 2.17. The van der Waals surface area contributed by atoms with Gasteiger partial charge in [0.25, 0.3) is 0 Å². The second-order valence-electron chi connectivity index (χ2n) is 4.30. The lowest BCUT2D eigenvalue weighted by molar-refractivity contribution is 0.471. The van der Waals surface area contributed by atoms with E-state index in [4.69, 9.17) is 5.73 Å². The van der Waals surface area contributed by atoms with Crippen molar-refractivity contribution in [3.8, 4) is 0 Å². The van der Waals surface area contributed by atoms with Crippen LogP contribution in [0.2, 0.25) is 0 Å². The van der Waals surface area contributed by atoms with Crippen LogP contribution in [-0.4, -0.2) is 27.5 Å². The van der Waals surface area contributed by atoms with Crippen molar-refractivity contribution >= 4 is 39.5 Å². The van der Waals surface area contributed by atoms with Gasteiger partial charge in [0.15, 0.2) is 0 Å². The predicted molar refractivity (Wildman–Crippen MR) is 77.3 cm³/mol. The minimum absolute atomic E-state index is 0.468. The molecule has 17 heavy (non-hydrogen) atoms. The molecule has 1 heterocycles. The number of aromatic nitrogens is 2. The van der Waals surface area contributed by atoms with E-state index in [0.717, 1.165) is 9.85 Å². The van der Waals surface area contributed by atoms with Crippen molar-refractivity contribution in [2.24, 2.45) is 0 Å². The number of thioether (sulfide) groups is 1. The summed E-state index contributed by atoms with van der Waals surface area (Å²) in [5, 5.41) is 4.14. The van der Waals surface area contributed by atoms with Crippen molar-refractivity contribution in [3.05, 3.63) is 10.7 Å². The second-order valence-corrected chi connectivity index (χ2v) is 6.26. The van der Waals surface area contributed by atoms with E-state index in [9.17, 15) is 0 Å². The van der Waals surface area contributed by atoms with E-state index >= 15 is 0 Å². The van der Waals surface area contributed by atoms with Gasteiger partial charge >= 0.3 is 0 Å². The summed E-state index contributed by atoms with van der Waals surface area (Å²) in [5.74, 6) is 1.12. The highest BCUT2D eigenvalue weighted by Gasteiger charge is 2.21. The summed E-state index contributed by atoms with van der Waals surface area (Å²) in [5.41, 5.74) is 5.69. The van der Waals surface area contributed by atoms with Gasteiger partial charge in [0, 0.05) is 17.4 Å². The Morgan fingerprint density at radius 2 is 2.29 bits per heavy atom. The number of hydrogen-bond donors (Lipinski definition) is 2. The van der Waals surface area contributed by atoms with E-state index in [2.05, 4.69) is 37.5 Å². The zero-order valence-corrected chi connectivity index (χ0v) is 12.2. The summed E-state index contributed by atoms with van der Waals surface area (Å²) in [7, 11) is 0. The van der Waals surface area contributed by atoms with Crippen molar-refractivity contribution in [3.63, 3.8) is 0 Å². The number of nitrogens with two attached hydrogens (primary N) is 1. The number of anilines is 2. The molecule has 94 valence electrons. The van der Waals surface area contributed by atoms with E-state index in [1.165, 1.54) is 25.7 Å². The summed E-state index contributed by atoms with van der Waals surface area (Å²) in [6.07, 6.45) is 7.14. The maximum absolute atomic E-state index is 5.69. The van der Waals surface area contributed by atoms with Crippen molar-refractivity contribution in [1.82, 2.24) is 9.97 Å². The minimum Gasteiger partial charge on any atom is -0.383 e. The monoisotopic (exact) mass is 316 g/mol. The van der Waals surface area contributed by atoms with Crippen LogP contribution in [0.15, 0.2) is 10.7 Å². The molecule has 0 spiro atoms. The first-order valence-electron chi connectivity index (χ1n) is 5.77. The molecular weight excluding hydrogens is 300 g/mol. The van der Waals surface area contributed by atoms with Crippen molar-refractivity contribution < 1.29 is 0 Å². The lowest BCUT2D eigenvalue weighted by Gasteiger charge is -2.28. The molecule has 4 nitrogen and oxygen atoms in total. The molecule has 1 aromatic heterocycles. The van der Waals surface area contributed by atoms with Gasteiger partial charge in [-0.3, -0.25) is 0 Å². The van der Waals surface area contributed by atoms with Crippen LogP contribution in [0, 0.1) is 0 Å². The van der Waals surface area contributed by atoms with Gasteiger partial charge in [-0.15, -0.1) is 0 Å². The van der Waals surface area contributed by atoms with Crippen LogP contribution in [0.1, 0.15) is 25.7 Å². The fourth-order valence-electron chi connectivity index (χ4n) is 2.17. The number of hydrogen-bond acceptors (Lipinski definition) is 5. The van der Waals surface area contributed by atoms with E-state index in [-0.39, 0.29) is 0 Å². The maximum Gasteiger partial charge on any atom is 0.225 e. The third kappa shape index (κ3) is 3.74. The van der Waals surface area contributed by atoms with E-state index in [1.54, 1.807) is 6.07 Å². The summed E-state index contributed by atoms with van der Waals surface area (Å²) in [6.45, 7) is 0. The highest BCUT2D eigenvalue weighted by atomic mass is 79.9. The maximum atomic E-state index is 5.69. The average Bonchev–Trinajstić information content (AvgIpc) is 2.28. The average molecular weight is 317 g/mol. The van der Waals surface area contributed by atoms with Crippen LogP contribution in [0.25, 0.3) is 0 Å². The Kier molecular flexibility index (Phi) is 4.50. The molecule has 3 N–H and O–H groups in total. The van der Waals surface area contributed by atoms with E-state index in [1.807, 2.05) is 11.8 Å². The Bertz CT molecular complexity index is 367. The van der Waals surface area contributed by atoms with E-state index < -0.39 is 0 Å². The lowest BCUT2D eigenvalue weighted by atomic mass is 9.95. The standard InChI is InChI=1S/C11H17BrN4S/c1-17-8-4-2-3-7(5-8)14-11-15-9(12)6-10(13)16-11/h6-8H,2-5H2,1H3,(H3,13,14,15,16). The lowest BCUT2D eigenvalue weighted by Crippen LogP contribution is -2.29. The van der Waals surface area contributed by atoms with Crippen LogP contribution < -0.4 is 11.1 Å². The highest BCUT2D eigenvalue weighted by molar-refractivity contribution is 9.10. The van der Waals surface area contributed by atoms with Gasteiger partial charge < -0.3 is 11.1 Å². The highest BCUT2D eigenvalue weighted by Crippen LogP contribution is 2.28. The molecule has 1 aliphatic rings. The Hall–Kier alpha value is -0.490. The number of rotatable bonds is 3. The van der Waals surface area contributed by atoms with Crippen molar-refractivity contribution in [1.29, 1.82) is 0 Å². The molecule has 0 aromatic carbocycles. The fraction of sp³-hybridized carbons (Fsp3) is 0.636. The Balaban J connectivity index is 2.00. The Morgan fingerprint density at radius 3 is 3.00 bits per heavy atom. The van der Waals surface area contributed by atoms with Crippen LogP contribution in [0.4, 0.5) is 11.8 Å². The van der Waals surface area contributed by atoms with Gasteiger partial charge in [-0.25, -0.2) is 4.98 Å². The smallest absolute Gasteiger partial charge is 0.225 e.